The van der Waals surface area contributed by atoms with E-state index in [9.17, 15) is 4.79 Å². The summed E-state index contributed by atoms with van der Waals surface area (Å²) < 4.78 is 3.50. The summed E-state index contributed by atoms with van der Waals surface area (Å²) in [6.45, 7) is 5.99. The highest BCUT2D eigenvalue weighted by Crippen LogP contribution is 2.33. The van der Waals surface area contributed by atoms with Gasteiger partial charge in [-0.15, -0.1) is 0 Å². The van der Waals surface area contributed by atoms with E-state index in [0.29, 0.717) is 18.6 Å². The molecule has 2 atom stereocenters. The maximum absolute atomic E-state index is 12.7. The third kappa shape index (κ3) is 3.86. The molecule has 164 valence electrons. The minimum Gasteiger partial charge on any atom is -0.296 e. The van der Waals surface area contributed by atoms with Crippen LogP contribution in [0.4, 0.5) is 0 Å². The predicted molar refractivity (Wildman–Crippen MR) is 128 cm³/mol. The Labute approximate surface area is 188 Å². The maximum Gasteiger partial charge on any atom is 0.266 e. The van der Waals surface area contributed by atoms with Crippen molar-refractivity contribution >= 4 is 5.52 Å². The number of aromatic nitrogens is 4. The summed E-state index contributed by atoms with van der Waals surface area (Å²) in [7, 11) is 0. The van der Waals surface area contributed by atoms with Crippen molar-refractivity contribution in [3.05, 3.63) is 77.2 Å². The summed E-state index contributed by atoms with van der Waals surface area (Å²) in [6, 6.07) is 20.7. The Kier molecular flexibility index (Phi) is 5.62. The van der Waals surface area contributed by atoms with E-state index in [1.807, 2.05) is 53.2 Å². The molecule has 1 fully saturated rings. The molecule has 0 saturated carbocycles. The van der Waals surface area contributed by atoms with E-state index in [4.69, 9.17) is 10.2 Å². The van der Waals surface area contributed by atoms with Crippen LogP contribution in [0.2, 0.25) is 0 Å². The Morgan fingerprint density at radius 1 is 0.875 bits per heavy atom. The average Bonchev–Trinajstić information content (AvgIpc) is 3.20. The van der Waals surface area contributed by atoms with Gasteiger partial charge in [0.25, 0.3) is 5.56 Å². The first kappa shape index (κ1) is 20.6. The van der Waals surface area contributed by atoms with Crippen molar-refractivity contribution in [3.8, 4) is 22.5 Å². The van der Waals surface area contributed by atoms with E-state index in [-0.39, 0.29) is 5.56 Å². The third-order valence-electron chi connectivity index (χ3n) is 6.66. The predicted octanol–water partition coefficient (Wildman–Crippen LogP) is 4.49. The molecule has 4 aromatic rings. The first-order valence-electron chi connectivity index (χ1n) is 11.5. The zero-order chi connectivity index (χ0) is 22.1. The molecular weight excluding hydrogens is 398 g/mol. The Bertz CT molecular complexity index is 1270. The molecule has 0 aliphatic carbocycles. The number of piperidine rings is 1. The van der Waals surface area contributed by atoms with Crippen LogP contribution in [0.5, 0.6) is 0 Å². The van der Waals surface area contributed by atoms with Crippen LogP contribution in [-0.2, 0) is 6.54 Å². The third-order valence-corrected chi connectivity index (χ3v) is 6.66. The zero-order valence-corrected chi connectivity index (χ0v) is 18.7. The van der Waals surface area contributed by atoms with Gasteiger partial charge in [-0.1, -0.05) is 42.8 Å². The van der Waals surface area contributed by atoms with Crippen LogP contribution >= 0.6 is 0 Å². The number of pyridine rings is 1. The molecule has 0 N–H and O–H groups in total. The van der Waals surface area contributed by atoms with Crippen molar-refractivity contribution in [2.75, 3.05) is 6.54 Å². The van der Waals surface area contributed by atoms with Gasteiger partial charge in [-0.05, 0) is 44.9 Å². The Morgan fingerprint density at radius 3 is 2.41 bits per heavy atom. The number of hydrogen-bond acceptors (Lipinski definition) is 4. The molecule has 1 saturated heterocycles. The van der Waals surface area contributed by atoms with E-state index in [0.717, 1.165) is 34.6 Å². The standard InChI is InChI=1S/C26H29N5O/c1-19-9-8-10-20(2)29(19)17-18-31-24(32)15-14-22(27-31)25-23-13-6-7-16-30(23)28-26(25)21-11-4-3-5-12-21/h3-7,11-16,19-20H,8-10,17-18H2,1-2H3/t19-,20+. The van der Waals surface area contributed by atoms with Gasteiger partial charge in [0.15, 0.2) is 0 Å². The first-order valence-corrected chi connectivity index (χ1v) is 11.5. The lowest BCUT2D eigenvalue weighted by Crippen LogP contribution is -2.45. The highest BCUT2D eigenvalue weighted by atomic mass is 16.1. The van der Waals surface area contributed by atoms with Crippen molar-refractivity contribution < 1.29 is 0 Å². The Balaban J connectivity index is 1.54. The van der Waals surface area contributed by atoms with Crippen LogP contribution in [0, 0.1) is 0 Å². The Hall–Kier alpha value is -3.25. The van der Waals surface area contributed by atoms with Crippen LogP contribution in [0.15, 0.2) is 71.7 Å². The van der Waals surface area contributed by atoms with E-state index < -0.39 is 0 Å². The highest BCUT2D eigenvalue weighted by Gasteiger charge is 2.24. The molecular formula is C26H29N5O. The van der Waals surface area contributed by atoms with Gasteiger partial charge in [0.05, 0.1) is 23.3 Å². The van der Waals surface area contributed by atoms with Gasteiger partial charge in [0.1, 0.15) is 5.69 Å². The zero-order valence-electron chi connectivity index (χ0n) is 18.7. The van der Waals surface area contributed by atoms with E-state index in [1.165, 1.54) is 19.3 Å². The number of likely N-dealkylation sites (tertiary alicyclic amines) is 1. The monoisotopic (exact) mass is 427 g/mol. The van der Waals surface area contributed by atoms with E-state index >= 15 is 0 Å². The molecule has 0 bridgehead atoms. The molecule has 0 unspecified atom stereocenters. The lowest BCUT2D eigenvalue weighted by molar-refractivity contribution is 0.0973. The summed E-state index contributed by atoms with van der Waals surface area (Å²) in [5, 5.41) is 9.64. The number of rotatable bonds is 5. The molecule has 4 heterocycles. The molecule has 6 nitrogen and oxygen atoms in total. The van der Waals surface area contributed by atoms with Gasteiger partial charge in [-0.3, -0.25) is 9.69 Å². The van der Waals surface area contributed by atoms with Crippen LogP contribution in [0.25, 0.3) is 28.0 Å². The van der Waals surface area contributed by atoms with Crippen molar-refractivity contribution in [2.24, 2.45) is 0 Å². The second kappa shape index (κ2) is 8.71. The average molecular weight is 428 g/mol. The fraction of sp³-hybridized carbons (Fsp3) is 0.346. The van der Waals surface area contributed by atoms with Gasteiger partial charge in [-0.25, -0.2) is 9.20 Å². The van der Waals surface area contributed by atoms with Gasteiger partial charge in [0, 0.05) is 36.5 Å². The van der Waals surface area contributed by atoms with Crippen LogP contribution in [0.1, 0.15) is 33.1 Å². The second-order valence-electron chi connectivity index (χ2n) is 8.77. The van der Waals surface area contributed by atoms with E-state index in [2.05, 4.69) is 30.9 Å². The molecule has 0 radical (unpaired) electrons. The largest absolute Gasteiger partial charge is 0.296 e. The summed E-state index contributed by atoms with van der Waals surface area (Å²) >= 11 is 0. The molecule has 0 spiro atoms. The second-order valence-corrected chi connectivity index (χ2v) is 8.77. The summed E-state index contributed by atoms with van der Waals surface area (Å²) in [5.74, 6) is 0. The fourth-order valence-corrected chi connectivity index (χ4v) is 4.92. The maximum atomic E-state index is 12.7. The first-order chi connectivity index (χ1) is 15.6. The fourth-order valence-electron chi connectivity index (χ4n) is 4.92. The normalized spacial score (nSPS) is 19.4. The van der Waals surface area contributed by atoms with Crippen LogP contribution in [-0.4, -0.2) is 42.9 Å². The molecule has 32 heavy (non-hydrogen) atoms. The van der Waals surface area contributed by atoms with Crippen molar-refractivity contribution in [3.63, 3.8) is 0 Å². The van der Waals surface area contributed by atoms with Crippen molar-refractivity contribution in [1.82, 2.24) is 24.3 Å². The Morgan fingerprint density at radius 2 is 1.62 bits per heavy atom. The molecule has 3 aromatic heterocycles. The van der Waals surface area contributed by atoms with E-state index in [1.54, 1.807) is 10.7 Å². The van der Waals surface area contributed by atoms with Gasteiger partial charge in [0.2, 0.25) is 0 Å². The minimum absolute atomic E-state index is 0.0659. The number of fused-ring (bicyclic) bond motifs is 1. The van der Waals surface area contributed by atoms with Crippen molar-refractivity contribution in [2.45, 2.75) is 51.7 Å². The molecule has 1 aliphatic heterocycles. The van der Waals surface area contributed by atoms with Crippen molar-refractivity contribution in [1.29, 1.82) is 0 Å². The van der Waals surface area contributed by atoms with Crippen LogP contribution in [0.3, 0.4) is 0 Å². The SMILES string of the molecule is C[C@@H]1CCC[C@H](C)N1CCn1nc(-c2c(-c3ccccc3)nn3ccccc23)ccc1=O. The smallest absolute Gasteiger partial charge is 0.266 e. The molecule has 1 aliphatic rings. The van der Waals surface area contributed by atoms with Crippen LogP contribution < -0.4 is 5.56 Å². The van der Waals surface area contributed by atoms with Gasteiger partial charge < -0.3 is 0 Å². The molecule has 1 aromatic carbocycles. The summed E-state index contributed by atoms with van der Waals surface area (Å²) in [4.78, 5) is 15.2. The highest BCUT2D eigenvalue weighted by molar-refractivity contribution is 5.90. The number of hydrogen-bond donors (Lipinski definition) is 0. The molecule has 6 heteroatoms. The lowest BCUT2D eigenvalue weighted by Gasteiger charge is -2.38. The number of nitrogens with zero attached hydrogens (tertiary/aromatic N) is 5. The topological polar surface area (TPSA) is 55.4 Å². The summed E-state index contributed by atoms with van der Waals surface area (Å²) in [5.41, 5.74) is 4.52. The molecule has 5 rings (SSSR count). The number of benzene rings is 1. The molecule has 0 amide bonds. The van der Waals surface area contributed by atoms with Gasteiger partial charge in [-0.2, -0.15) is 10.2 Å². The quantitative estimate of drug-likeness (QED) is 0.471. The lowest BCUT2D eigenvalue weighted by atomic mass is 9.98. The summed E-state index contributed by atoms with van der Waals surface area (Å²) in [6.07, 6.45) is 5.66. The van der Waals surface area contributed by atoms with Gasteiger partial charge >= 0.3 is 0 Å². The minimum atomic E-state index is -0.0659.